The molecule has 0 rings (SSSR count). The Bertz CT molecular complexity index is 568. The molecule has 0 aromatic heterocycles. The van der Waals surface area contributed by atoms with Crippen LogP contribution in [0.25, 0.3) is 0 Å². The molecule has 0 aromatic carbocycles. The molecule has 0 aliphatic carbocycles. The number of hydrogen-bond acceptors (Lipinski definition) is 7. The van der Waals surface area contributed by atoms with Crippen molar-refractivity contribution in [2.45, 2.75) is 37.9 Å². The molecule has 0 saturated carbocycles. The van der Waals surface area contributed by atoms with Gasteiger partial charge in [-0.3, -0.25) is 24.2 Å². The average Bonchev–Trinajstić information content (AvgIpc) is 2.60. The summed E-state index contributed by atoms with van der Waals surface area (Å²) in [6.45, 7) is 1.22. The first kappa shape index (κ1) is 24.5. The largest absolute Gasteiger partial charge is 0.480 e. The number of carbonyl (C=O) groups is 4. The first-order valence-corrected chi connectivity index (χ1v) is 8.74. The van der Waals surface area contributed by atoms with E-state index in [-0.39, 0.29) is 31.2 Å². The molecular formula is C14H27N7O5S. The Morgan fingerprint density at radius 2 is 1.67 bits per heavy atom. The summed E-state index contributed by atoms with van der Waals surface area (Å²) in [4.78, 5) is 50.6. The monoisotopic (exact) mass is 405 g/mol. The van der Waals surface area contributed by atoms with Gasteiger partial charge < -0.3 is 38.3 Å². The van der Waals surface area contributed by atoms with Crippen LogP contribution in [0.2, 0.25) is 0 Å². The van der Waals surface area contributed by atoms with Gasteiger partial charge in [-0.25, -0.2) is 0 Å². The predicted octanol–water partition coefficient (Wildman–Crippen LogP) is -3.51. The van der Waals surface area contributed by atoms with E-state index in [1.54, 1.807) is 0 Å². The Morgan fingerprint density at radius 3 is 2.15 bits per heavy atom. The first-order valence-electron chi connectivity index (χ1n) is 8.11. The lowest BCUT2D eigenvalue weighted by Gasteiger charge is -2.22. The molecular weight excluding hydrogens is 378 g/mol. The molecule has 13 heteroatoms. The van der Waals surface area contributed by atoms with Gasteiger partial charge in [0.2, 0.25) is 17.7 Å². The summed E-state index contributed by atoms with van der Waals surface area (Å²) in [7, 11) is 0. The predicted molar refractivity (Wildman–Crippen MR) is 102 cm³/mol. The Morgan fingerprint density at radius 1 is 1.07 bits per heavy atom. The Balaban J connectivity index is 4.94. The highest BCUT2D eigenvalue weighted by Gasteiger charge is 2.27. The number of carboxylic acid groups (broad SMARTS) is 1. The highest BCUT2D eigenvalue weighted by atomic mass is 32.1. The van der Waals surface area contributed by atoms with E-state index in [9.17, 15) is 19.2 Å². The number of aliphatic carboxylic acids is 1. The van der Waals surface area contributed by atoms with Crippen LogP contribution in [0.5, 0.6) is 0 Å². The second-order valence-corrected chi connectivity index (χ2v) is 5.95. The van der Waals surface area contributed by atoms with Crippen molar-refractivity contribution < 1.29 is 24.3 Å². The van der Waals surface area contributed by atoms with Gasteiger partial charge in [-0.1, -0.05) is 0 Å². The number of amides is 3. The van der Waals surface area contributed by atoms with Crippen molar-refractivity contribution in [2.24, 2.45) is 22.2 Å². The molecule has 0 saturated heterocycles. The standard InChI is InChI=1S/C14H27N7O5S/c1-7(13(25)26)19-12(24)9(6-27)21-11(23)8(20-10(22)5-15)3-2-4-18-14(16)17/h7-9,27H,2-6,15H2,1H3,(H,19,24)(H,20,22)(H,21,23)(H,25,26)(H4,16,17,18). The SMILES string of the molecule is CC(NC(=O)C(CS)NC(=O)C(CCCN=C(N)N)NC(=O)CN)C(=O)O. The van der Waals surface area contributed by atoms with Gasteiger partial charge in [-0.05, 0) is 19.8 Å². The quantitative estimate of drug-likeness (QED) is 0.0703. The van der Waals surface area contributed by atoms with Gasteiger partial charge in [0.25, 0.3) is 0 Å². The van der Waals surface area contributed by atoms with E-state index in [2.05, 4.69) is 33.6 Å². The fourth-order valence-corrected chi connectivity index (χ4v) is 2.12. The van der Waals surface area contributed by atoms with Crippen LogP contribution in [-0.4, -0.2) is 71.7 Å². The molecule has 0 radical (unpaired) electrons. The number of carbonyl (C=O) groups excluding carboxylic acids is 3. The lowest BCUT2D eigenvalue weighted by atomic mass is 10.1. The van der Waals surface area contributed by atoms with Crippen molar-refractivity contribution in [1.29, 1.82) is 0 Å². The van der Waals surface area contributed by atoms with Crippen LogP contribution >= 0.6 is 12.6 Å². The summed E-state index contributed by atoms with van der Waals surface area (Å²) in [5, 5.41) is 15.9. The van der Waals surface area contributed by atoms with E-state index < -0.39 is 41.8 Å². The molecule has 0 heterocycles. The number of guanidine groups is 1. The number of nitrogens with one attached hydrogen (secondary N) is 3. The van der Waals surface area contributed by atoms with Crippen LogP contribution in [-0.2, 0) is 19.2 Å². The molecule has 10 N–H and O–H groups in total. The normalized spacial score (nSPS) is 13.6. The molecule has 3 unspecified atom stereocenters. The number of nitrogens with two attached hydrogens (primary N) is 3. The molecule has 0 spiro atoms. The van der Waals surface area contributed by atoms with E-state index in [0.29, 0.717) is 6.42 Å². The first-order chi connectivity index (χ1) is 12.6. The van der Waals surface area contributed by atoms with Crippen molar-refractivity contribution >= 4 is 42.3 Å². The summed E-state index contributed by atoms with van der Waals surface area (Å²) >= 11 is 3.99. The zero-order valence-corrected chi connectivity index (χ0v) is 15.9. The second kappa shape index (κ2) is 12.8. The number of aliphatic imine (C=N–C) groups is 1. The highest BCUT2D eigenvalue weighted by molar-refractivity contribution is 7.80. The minimum absolute atomic E-state index is 0.0739. The van der Waals surface area contributed by atoms with Gasteiger partial charge >= 0.3 is 5.97 Å². The molecule has 3 atom stereocenters. The van der Waals surface area contributed by atoms with Gasteiger partial charge in [0.15, 0.2) is 5.96 Å². The number of carboxylic acids is 1. The third-order valence-corrected chi connectivity index (χ3v) is 3.69. The smallest absolute Gasteiger partial charge is 0.325 e. The van der Waals surface area contributed by atoms with Crippen LogP contribution < -0.4 is 33.2 Å². The van der Waals surface area contributed by atoms with Crippen LogP contribution in [0.3, 0.4) is 0 Å². The maximum absolute atomic E-state index is 12.4. The van der Waals surface area contributed by atoms with Gasteiger partial charge in [0.05, 0.1) is 6.54 Å². The molecule has 27 heavy (non-hydrogen) atoms. The van der Waals surface area contributed by atoms with E-state index in [1.807, 2.05) is 0 Å². The van der Waals surface area contributed by atoms with Crippen molar-refractivity contribution in [3.8, 4) is 0 Å². The average molecular weight is 405 g/mol. The van der Waals surface area contributed by atoms with Crippen molar-refractivity contribution in [3.63, 3.8) is 0 Å². The Hall–Kier alpha value is -2.54. The third-order valence-electron chi connectivity index (χ3n) is 3.33. The van der Waals surface area contributed by atoms with E-state index in [1.165, 1.54) is 6.92 Å². The number of rotatable bonds is 12. The topological polar surface area (TPSA) is 215 Å². The number of hydrogen-bond donors (Lipinski definition) is 8. The Kier molecular flexibility index (Phi) is 11.6. The second-order valence-electron chi connectivity index (χ2n) is 5.59. The van der Waals surface area contributed by atoms with Crippen LogP contribution in [0, 0.1) is 0 Å². The van der Waals surface area contributed by atoms with Crippen LogP contribution in [0.4, 0.5) is 0 Å². The summed E-state index contributed by atoms with van der Waals surface area (Å²) in [5.41, 5.74) is 15.7. The minimum atomic E-state index is -1.22. The van der Waals surface area contributed by atoms with Gasteiger partial charge in [-0.15, -0.1) is 0 Å². The van der Waals surface area contributed by atoms with Crippen molar-refractivity contribution in [3.05, 3.63) is 0 Å². The van der Waals surface area contributed by atoms with Crippen LogP contribution in [0.1, 0.15) is 19.8 Å². The lowest BCUT2D eigenvalue weighted by Crippen LogP contribution is -2.56. The molecule has 3 amide bonds. The van der Waals surface area contributed by atoms with Crippen molar-refractivity contribution in [2.75, 3.05) is 18.8 Å². The molecule has 12 nitrogen and oxygen atoms in total. The summed E-state index contributed by atoms with van der Waals surface area (Å²) in [5.74, 6) is -3.29. The zero-order chi connectivity index (χ0) is 21.0. The van der Waals surface area contributed by atoms with Crippen molar-refractivity contribution in [1.82, 2.24) is 16.0 Å². The summed E-state index contributed by atoms with van der Waals surface area (Å²) in [6, 6.07) is -3.19. The summed E-state index contributed by atoms with van der Waals surface area (Å²) < 4.78 is 0. The zero-order valence-electron chi connectivity index (χ0n) is 15.0. The minimum Gasteiger partial charge on any atom is -0.480 e. The molecule has 0 aliphatic rings. The van der Waals surface area contributed by atoms with E-state index in [0.717, 1.165) is 0 Å². The molecule has 0 bridgehead atoms. The van der Waals surface area contributed by atoms with Gasteiger partial charge in [-0.2, -0.15) is 12.6 Å². The van der Waals surface area contributed by atoms with Crippen LogP contribution in [0.15, 0.2) is 4.99 Å². The molecule has 0 fully saturated rings. The van der Waals surface area contributed by atoms with Gasteiger partial charge in [0.1, 0.15) is 18.1 Å². The number of thiol groups is 1. The lowest BCUT2D eigenvalue weighted by molar-refractivity contribution is -0.141. The maximum atomic E-state index is 12.4. The van der Waals surface area contributed by atoms with Gasteiger partial charge in [0, 0.05) is 12.3 Å². The fraction of sp³-hybridized carbons (Fsp3) is 0.643. The molecule has 154 valence electrons. The summed E-state index contributed by atoms with van der Waals surface area (Å²) in [6.07, 6.45) is 0.579. The fourth-order valence-electron chi connectivity index (χ4n) is 1.87. The highest BCUT2D eigenvalue weighted by Crippen LogP contribution is 2.01. The van der Waals surface area contributed by atoms with E-state index >= 15 is 0 Å². The maximum Gasteiger partial charge on any atom is 0.325 e. The molecule has 0 aromatic rings. The number of nitrogens with zero attached hydrogens (tertiary/aromatic N) is 1. The molecule has 0 aliphatic heterocycles. The Labute approximate surface area is 162 Å². The third kappa shape index (κ3) is 10.3. The van der Waals surface area contributed by atoms with E-state index in [4.69, 9.17) is 22.3 Å².